The Morgan fingerprint density at radius 1 is 1.09 bits per heavy atom. The Morgan fingerprint density at radius 2 is 1.82 bits per heavy atom. The summed E-state index contributed by atoms with van der Waals surface area (Å²) in [5.41, 5.74) is 0.935. The number of methoxy groups -OCH3 is 1. The van der Waals surface area contributed by atoms with Gasteiger partial charge < -0.3 is 14.9 Å². The topological polar surface area (TPSA) is 49.7 Å². The molecule has 2 fully saturated rings. The third-order valence-electron chi connectivity index (χ3n) is 8.97. The molecular weight excluding hydrogens is 441 g/mol. The van der Waals surface area contributed by atoms with Gasteiger partial charge in [0.25, 0.3) is 0 Å². The summed E-state index contributed by atoms with van der Waals surface area (Å²) in [5, 5.41) is 21.8. The molecule has 6 atom stereocenters. The van der Waals surface area contributed by atoms with Crippen LogP contribution < -0.4 is 0 Å². The first-order chi connectivity index (χ1) is 16.1. The van der Waals surface area contributed by atoms with E-state index in [1.165, 1.54) is 23.3 Å². The van der Waals surface area contributed by atoms with Crippen LogP contribution in [0.4, 0.5) is 13.2 Å². The number of ether oxygens (including phenoxy) is 1. The standard InChI is InChI=1S/C28H31F3O3/c1-26-16-24(34-2)25-21-10-8-20(32)15-18(21)5-9-22(25)23(26)12-14-27(26,33)13-11-17-3-6-19(7-4-17)28(29,30)31/h3-4,6-8,10-11,13,15,22-25,32-33H,5,9,12,14,16H2,1-2H3/b13-11+/t22-,23-,24-,25+,26-,27-/m0/s1. The van der Waals surface area contributed by atoms with Crippen molar-refractivity contribution in [1.29, 1.82) is 0 Å². The van der Waals surface area contributed by atoms with E-state index >= 15 is 0 Å². The van der Waals surface area contributed by atoms with Gasteiger partial charge in [0.2, 0.25) is 0 Å². The third kappa shape index (κ3) is 3.66. The summed E-state index contributed by atoms with van der Waals surface area (Å²) in [6.07, 6.45) is 3.23. The fraction of sp³-hybridized carbons (Fsp3) is 0.500. The number of alkyl halides is 3. The fourth-order valence-electron chi connectivity index (χ4n) is 7.17. The summed E-state index contributed by atoms with van der Waals surface area (Å²) in [7, 11) is 1.73. The number of hydrogen-bond acceptors (Lipinski definition) is 3. The molecule has 2 N–H and O–H groups in total. The summed E-state index contributed by atoms with van der Waals surface area (Å²) in [4.78, 5) is 0. The van der Waals surface area contributed by atoms with Gasteiger partial charge in [-0.3, -0.25) is 0 Å². The predicted molar refractivity (Wildman–Crippen MR) is 124 cm³/mol. The molecule has 2 saturated carbocycles. The monoisotopic (exact) mass is 472 g/mol. The number of halogens is 3. The van der Waals surface area contributed by atoms with Gasteiger partial charge in [0, 0.05) is 18.4 Å². The SMILES string of the molecule is CO[C@H]1C[C@@]2(C)[C@@H](CC[C@@]2(O)/C=C/c2ccc(C(F)(F)F)cc2)[C@@H]2CCc3cc(O)ccc3[C@H]21. The van der Waals surface area contributed by atoms with Crippen molar-refractivity contribution in [3.8, 4) is 5.75 Å². The van der Waals surface area contributed by atoms with E-state index in [1.54, 1.807) is 25.3 Å². The molecule has 2 aromatic carbocycles. The summed E-state index contributed by atoms with van der Waals surface area (Å²) in [6, 6.07) is 10.7. The molecule has 0 radical (unpaired) electrons. The van der Waals surface area contributed by atoms with E-state index in [9.17, 15) is 23.4 Å². The molecule has 3 aliphatic carbocycles. The molecule has 3 nitrogen and oxygen atoms in total. The Kier molecular flexibility index (Phi) is 5.60. The van der Waals surface area contributed by atoms with Crippen LogP contribution >= 0.6 is 0 Å². The van der Waals surface area contributed by atoms with Crippen molar-refractivity contribution in [2.24, 2.45) is 17.3 Å². The van der Waals surface area contributed by atoms with E-state index in [0.717, 1.165) is 31.4 Å². The maximum atomic E-state index is 12.9. The highest BCUT2D eigenvalue weighted by Crippen LogP contribution is 2.65. The molecule has 0 aliphatic heterocycles. The quantitative estimate of drug-likeness (QED) is 0.548. The van der Waals surface area contributed by atoms with Gasteiger partial charge in [-0.2, -0.15) is 13.2 Å². The zero-order valence-corrected chi connectivity index (χ0v) is 19.5. The first kappa shape index (κ1) is 23.4. The predicted octanol–water partition coefficient (Wildman–Crippen LogP) is 6.34. The molecule has 0 heterocycles. The zero-order chi connectivity index (χ0) is 24.3. The van der Waals surface area contributed by atoms with Crippen molar-refractivity contribution in [1.82, 2.24) is 0 Å². The highest BCUT2D eigenvalue weighted by molar-refractivity contribution is 5.52. The van der Waals surface area contributed by atoms with Gasteiger partial charge in [-0.1, -0.05) is 37.3 Å². The summed E-state index contributed by atoms with van der Waals surface area (Å²) < 4.78 is 44.7. The van der Waals surface area contributed by atoms with Gasteiger partial charge in [-0.05, 0) is 84.9 Å². The van der Waals surface area contributed by atoms with Crippen molar-refractivity contribution >= 4 is 6.08 Å². The van der Waals surface area contributed by atoms with Crippen molar-refractivity contribution < 1.29 is 28.1 Å². The molecule has 2 aromatic rings. The largest absolute Gasteiger partial charge is 0.508 e. The van der Waals surface area contributed by atoms with Crippen molar-refractivity contribution in [3.63, 3.8) is 0 Å². The normalized spacial score (nSPS) is 35.1. The fourth-order valence-corrected chi connectivity index (χ4v) is 7.17. The molecular formula is C28H31F3O3. The molecule has 0 aromatic heterocycles. The minimum absolute atomic E-state index is 0.0565. The van der Waals surface area contributed by atoms with E-state index < -0.39 is 22.8 Å². The number of phenols is 1. The van der Waals surface area contributed by atoms with Crippen LogP contribution in [0.25, 0.3) is 6.08 Å². The van der Waals surface area contributed by atoms with Crippen LogP contribution in [0.3, 0.4) is 0 Å². The number of fused-ring (bicyclic) bond motifs is 5. The van der Waals surface area contributed by atoms with E-state index in [0.29, 0.717) is 30.2 Å². The Morgan fingerprint density at radius 3 is 2.50 bits per heavy atom. The first-order valence-corrected chi connectivity index (χ1v) is 12.0. The second-order valence-electron chi connectivity index (χ2n) is 10.5. The van der Waals surface area contributed by atoms with Gasteiger partial charge in [0.05, 0.1) is 17.3 Å². The van der Waals surface area contributed by atoms with Crippen molar-refractivity contribution in [2.45, 2.75) is 62.8 Å². The molecule has 6 heteroatoms. The Bertz CT molecular complexity index is 1090. The van der Waals surface area contributed by atoms with Gasteiger partial charge in [0.15, 0.2) is 0 Å². The number of rotatable bonds is 3. The lowest BCUT2D eigenvalue weighted by Gasteiger charge is -2.55. The molecule has 34 heavy (non-hydrogen) atoms. The molecule has 0 unspecified atom stereocenters. The average molecular weight is 473 g/mol. The van der Waals surface area contributed by atoms with E-state index in [2.05, 4.69) is 6.92 Å². The van der Waals surface area contributed by atoms with Gasteiger partial charge in [-0.25, -0.2) is 0 Å². The average Bonchev–Trinajstić information content (AvgIpc) is 3.07. The summed E-state index contributed by atoms with van der Waals surface area (Å²) >= 11 is 0. The smallest absolute Gasteiger partial charge is 0.416 e. The number of benzene rings is 2. The lowest BCUT2D eigenvalue weighted by atomic mass is 9.52. The van der Waals surface area contributed by atoms with Crippen LogP contribution in [-0.2, 0) is 17.3 Å². The lowest BCUT2D eigenvalue weighted by molar-refractivity contribution is -0.137. The van der Waals surface area contributed by atoms with Crippen LogP contribution in [0.15, 0.2) is 48.5 Å². The molecule has 0 spiro atoms. The minimum Gasteiger partial charge on any atom is -0.508 e. The van der Waals surface area contributed by atoms with Crippen molar-refractivity contribution in [2.75, 3.05) is 7.11 Å². The summed E-state index contributed by atoms with van der Waals surface area (Å²) in [5.74, 6) is 1.20. The molecule has 0 bridgehead atoms. The van der Waals surface area contributed by atoms with Crippen molar-refractivity contribution in [3.05, 3.63) is 70.8 Å². The maximum absolute atomic E-state index is 12.9. The molecule has 0 saturated heterocycles. The lowest BCUT2D eigenvalue weighted by Crippen LogP contribution is -2.54. The number of aliphatic hydroxyl groups is 1. The van der Waals surface area contributed by atoms with Crippen LogP contribution in [0.1, 0.15) is 60.8 Å². The van der Waals surface area contributed by atoms with Gasteiger partial charge in [-0.15, -0.1) is 0 Å². The molecule has 182 valence electrons. The van der Waals surface area contributed by atoms with Crippen LogP contribution in [0, 0.1) is 17.3 Å². The number of aryl methyl sites for hydroxylation is 1. The Balaban J connectivity index is 1.44. The van der Waals surface area contributed by atoms with Gasteiger partial charge >= 0.3 is 6.18 Å². The van der Waals surface area contributed by atoms with Crippen LogP contribution in [0.5, 0.6) is 5.75 Å². The maximum Gasteiger partial charge on any atom is 0.416 e. The second-order valence-corrected chi connectivity index (χ2v) is 10.5. The van der Waals surface area contributed by atoms with E-state index in [4.69, 9.17) is 4.74 Å². The van der Waals surface area contributed by atoms with Gasteiger partial charge in [0.1, 0.15) is 5.75 Å². The highest BCUT2D eigenvalue weighted by Gasteiger charge is 2.63. The number of aromatic hydroxyl groups is 1. The molecule has 5 rings (SSSR count). The van der Waals surface area contributed by atoms with E-state index in [-0.39, 0.29) is 17.8 Å². The molecule has 3 aliphatic rings. The summed E-state index contributed by atoms with van der Waals surface area (Å²) in [6.45, 7) is 2.15. The third-order valence-corrected chi connectivity index (χ3v) is 8.97. The van der Waals surface area contributed by atoms with Crippen LogP contribution in [-0.4, -0.2) is 29.0 Å². The van der Waals surface area contributed by atoms with Crippen LogP contribution in [0.2, 0.25) is 0 Å². The number of hydrogen-bond donors (Lipinski definition) is 2. The number of phenolic OH excluding ortho intramolecular Hbond substituents is 1. The zero-order valence-electron chi connectivity index (χ0n) is 19.5. The highest BCUT2D eigenvalue weighted by atomic mass is 19.4. The Hall–Kier alpha value is -2.31. The Labute approximate surface area is 198 Å². The van der Waals surface area contributed by atoms with E-state index in [1.807, 2.05) is 12.1 Å². The minimum atomic E-state index is -4.36. The second kappa shape index (κ2) is 8.13. The molecule has 0 amide bonds. The first-order valence-electron chi connectivity index (χ1n) is 12.0.